The van der Waals surface area contributed by atoms with Crippen molar-refractivity contribution in [3.8, 4) is 0 Å². The van der Waals surface area contributed by atoms with E-state index < -0.39 is 0 Å². The average Bonchev–Trinajstić information content (AvgIpc) is 2.20. The van der Waals surface area contributed by atoms with Gasteiger partial charge < -0.3 is 11.1 Å². The van der Waals surface area contributed by atoms with Crippen molar-refractivity contribution in [2.24, 2.45) is 5.73 Å². The zero-order valence-electron chi connectivity index (χ0n) is 10.5. The number of rotatable bonds is 7. The van der Waals surface area contributed by atoms with Gasteiger partial charge in [-0.3, -0.25) is 9.69 Å². The number of carbonyl (C=O) groups excluding carboxylic acids is 1. The summed E-state index contributed by atoms with van der Waals surface area (Å²) in [7, 11) is 0. The quantitative estimate of drug-likeness (QED) is 0.673. The highest BCUT2D eigenvalue weighted by atomic mass is 16.2. The van der Waals surface area contributed by atoms with Gasteiger partial charge in [0.15, 0.2) is 0 Å². The second kappa shape index (κ2) is 6.86. The van der Waals surface area contributed by atoms with E-state index in [1.165, 1.54) is 19.3 Å². The predicted molar refractivity (Wildman–Crippen MR) is 66.2 cm³/mol. The van der Waals surface area contributed by atoms with Crippen LogP contribution < -0.4 is 11.1 Å². The molecule has 0 aromatic carbocycles. The maximum atomic E-state index is 11.8. The van der Waals surface area contributed by atoms with Crippen molar-refractivity contribution in [3.05, 3.63) is 0 Å². The van der Waals surface area contributed by atoms with Crippen molar-refractivity contribution in [1.29, 1.82) is 0 Å². The maximum absolute atomic E-state index is 11.8. The van der Waals surface area contributed by atoms with Crippen LogP contribution in [-0.2, 0) is 4.79 Å². The fraction of sp³-hybridized carbons (Fsp3) is 0.917. The minimum Gasteiger partial charge on any atom is -0.355 e. The number of nitrogens with two attached hydrogens (primary N) is 1. The van der Waals surface area contributed by atoms with E-state index in [-0.39, 0.29) is 11.9 Å². The molecule has 0 spiro atoms. The number of hydrogen-bond acceptors (Lipinski definition) is 3. The smallest absolute Gasteiger partial charge is 0.237 e. The van der Waals surface area contributed by atoms with Gasteiger partial charge in [0.1, 0.15) is 0 Å². The number of nitrogens with one attached hydrogen (secondary N) is 1. The molecule has 1 amide bonds. The summed E-state index contributed by atoms with van der Waals surface area (Å²) < 4.78 is 0. The summed E-state index contributed by atoms with van der Waals surface area (Å²) >= 11 is 0. The van der Waals surface area contributed by atoms with Gasteiger partial charge in [-0.15, -0.1) is 0 Å². The molecule has 0 aromatic rings. The Hall–Kier alpha value is -0.610. The Morgan fingerprint density at radius 1 is 1.56 bits per heavy atom. The fourth-order valence-corrected chi connectivity index (χ4v) is 2.16. The second-order valence-electron chi connectivity index (χ2n) is 4.54. The molecule has 0 radical (unpaired) electrons. The molecule has 4 heteroatoms. The van der Waals surface area contributed by atoms with Crippen molar-refractivity contribution in [3.63, 3.8) is 0 Å². The van der Waals surface area contributed by atoms with E-state index in [1.807, 2.05) is 13.8 Å². The van der Waals surface area contributed by atoms with Crippen LogP contribution in [0.4, 0.5) is 0 Å². The lowest BCUT2D eigenvalue weighted by Crippen LogP contribution is -2.52. The first-order valence-electron chi connectivity index (χ1n) is 6.44. The van der Waals surface area contributed by atoms with E-state index in [0.717, 1.165) is 13.0 Å². The second-order valence-corrected chi connectivity index (χ2v) is 4.54. The molecule has 4 nitrogen and oxygen atoms in total. The van der Waals surface area contributed by atoms with Gasteiger partial charge in [-0.25, -0.2) is 0 Å². The van der Waals surface area contributed by atoms with Crippen LogP contribution in [0.15, 0.2) is 0 Å². The molecule has 1 atom stereocenters. The lowest BCUT2D eigenvalue weighted by atomic mass is 9.90. The Balaban J connectivity index is 2.48. The van der Waals surface area contributed by atoms with Gasteiger partial charge in [0, 0.05) is 19.1 Å². The van der Waals surface area contributed by atoms with Gasteiger partial charge in [0.25, 0.3) is 0 Å². The molecule has 16 heavy (non-hydrogen) atoms. The molecule has 0 aromatic heterocycles. The number of hydrogen-bond donors (Lipinski definition) is 2. The van der Waals surface area contributed by atoms with E-state index in [4.69, 9.17) is 5.73 Å². The van der Waals surface area contributed by atoms with Crippen LogP contribution in [0.25, 0.3) is 0 Å². The number of likely N-dealkylation sites (N-methyl/N-ethyl adjacent to an activating group) is 1. The Kier molecular flexibility index (Phi) is 5.77. The number of amides is 1. The normalized spacial score (nSPS) is 18.2. The highest BCUT2D eigenvalue weighted by Gasteiger charge is 2.30. The SMILES string of the molecule is CCNC(=O)C(C)N(CCCN)C1CCC1. The third-order valence-corrected chi connectivity index (χ3v) is 3.39. The molecule has 0 aliphatic heterocycles. The number of carbonyl (C=O) groups is 1. The standard InChI is InChI=1S/C12H25N3O/c1-3-14-12(16)10(2)15(9-5-8-13)11-6-4-7-11/h10-11H,3-9,13H2,1-2H3,(H,14,16). The first-order valence-corrected chi connectivity index (χ1v) is 6.44. The van der Waals surface area contributed by atoms with E-state index in [0.29, 0.717) is 19.1 Å². The van der Waals surface area contributed by atoms with E-state index in [1.54, 1.807) is 0 Å². The molecule has 1 aliphatic rings. The molecule has 1 fully saturated rings. The topological polar surface area (TPSA) is 58.4 Å². The Bertz CT molecular complexity index is 216. The van der Waals surface area contributed by atoms with Gasteiger partial charge in [-0.05, 0) is 39.7 Å². The van der Waals surface area contributed by atoms with Crippen LogP contribution in [0.5, 0.6) is 0 Å². The first-order chi connectivity index (χ1) is 7.70. The van der Waals surface area contributed by atoms with Crippen molar-refractivity contribution in [1.82, 2.24) is 10.2 Å². The van der Waals surface area contributed by atoms with Crippen LogP contribution in [0.1, 0.15) is 39.5 Å². The van der Waals surface area contributed by atoms with Crippen LogP contribution in [-0.4, -0.2) is 42.5 Å². The van der Waals surface area contributed by atoms with Crippen molar-refractivity contribution < 1.29 is 4.79 Å². The minimum atomic E-state index is -0.0169. The molecular formula is C12H25N3O. The Labute approximate surface area is 98.6 Å². The summed E-state index contributed by atoms with van der Waals surface area (Å²) in [6.45, 7) is 6.31. The summed E-state index contributed by atoms with van der Waals surface area (Å²) in [4.78, 5) is 14.1. The molecular weight excluding hydrogens is 202 g/mol. The summed E-state index contributed by atoms with van der Waals surface area (Å²) in [5, 5.41) is 2.89. The molecule has 1 aliphatic carbocycles. The van der Waals surface area contributed by atoms with Crippen LogP contribution >= 0.6 is 0 Å². The lowest BCUT2D eigenvalue weighted by Gasteiger charge is -2.40. The van der Waals surface area contributed by atoms with E-state index in [2.05, 4.69) is 10.2 Å². The van der Waals surface area contributed by atoms with Crippen molar-refractivity contribution in [2.75, 3.05) is 19.6 Å². The van der Waals surface area contributed by atoms with Crippen LogP contribution in [0, 0.1) is 0 Å². The third-order valence-electron chi connectivity index (χ3n) is 3.39. The fourth-order valence-electron chi connectivity index (χ4n) is 2.16. The lowest BCUT2D eigenvalue weighted by molar-refractivity contribution is -0.127. The van der Waals surface area contributed by atoms with Gasteiger partial charge >= 0.3 is 0 Å². The van der Waals surface area contributed by atoms with Gasteiger partial charge in [0.2, 0.25) is 5.91 Å². The third kappa shape index (κ3) is 3.46. The summed E-state index contributed by atoms with van der Waals surface area (Å²) in [5.74, 6) is 0.145. The van der Waals surface area contributed by atoms with Gasteiger partial charge in [-0.1, -0.05) is 6.42 Å². The molecule has 3 N–H and O–H groups in total. The average molecular weight is 227 g/mol. The molecule has 1 saturated carbocycles. The Morgan fingerprint density at radius 3 is 2.69 bits per heavy atom. The number of nitrogens with zero attached hydrogens (tertiary/aromatic N) is 1. The minimum absolute atomic E-state index is 0.0169. The zero-order valence-corrected chi connectivity index (χ0v) is 10.5. The molecule has 94 valence electrons. The molecule has 0 bridgehead atoms. The first kappa shape index (κ1) is 13.5. The summed E-state index contributed by atoms with van der Waals surface area (Å²) in [5.41, 5.74) is 5.54. The van der Waals surface area contributed by atoms with Crippen molar-refractivity contribution >= 4 is 5.91 Å². The van der Waals surface area contributed by atoms with Gasteiger partial charge in [0.05, 0.1) is 6.04 Å². The van der Waals surface area contributed by atoms with Gasteiger partial charge in [-0.2, -0.15) is 0 Å². The molecule has 0 heterocycles. The highest BCUT2D eigenvalue weighted by Crippen LogP contribution is 2.26. The maximum Gasteiger partial charge on any atom is 0.237 e. The summed E-state index contributed by atoms with van der Waals surface area (Å²) in [6.07, 6.45) is 4.73. The van der Waals surface area contributed by atoms with Crippen molar-refractivity contribution in [2.45, 2.75) is 51.6 Å². The largest absolute Gasteiger partial charge is 0.355 e. The predicted octanol–water partition coefficient (Wildman–Crippen LogP) is 0.714. The zero-order chi connectivity index (χ0) is 12.0. The Morgan fingerprint density at radius 2 is 2.25 bits per heavy atom. The van der Waals surface area contributed by atoms with Crippen LogP contribution in [0.2, 0.25) is 0 Å². The highest BCUT2D eigenvalue weighted by molar-refractivity contribution is 5.81. The van der Waals surface area contributed by atoms with E-state index >= 15 is 0 Å². The molecule has 0 saturated heterocycles. The van der Waals surface area contributed by atoms with E-state index in [9.17, 15) is 4.79 Å². The van der Waals surface area contributed by atoms with Crippen LogP contribution in [0.3, 0.4) is 0 Å². The monoisotopic (exact) mass is 227 g/mol. The summed E-state index contributed by atoms with van der Waals surface area (Å²) in [6, 6.07) is 0.584. The molecule has 1 unspecified atom stereocenters. The molecule has 1 rings (SSSR count).